The summed E-state index contributed by atoms with van der Waals surface area (Å²) in [6.07, 6.45) is 1.43. The molecule has 3 N–H and O–H groups in total. The van der Waals surface area contributed by atoms with Gasteiger partial charge in [-0.1, -0.05) is 0 Å². The third-order valence-electron chi connectivity index (χ3n) is 4.15. The highest BCUT2D eigenvalue weighted by Crippen LogP contribution is 2.22. The molecule has 0 aromatic heterocycles. The van der Waals surface area contributed by atoms with Gasteiger partial charge in [0.2, 0.25) is 0 Å². The minimum atomic E-state index is -3.68. The highest BCUT2D eigenvalue weighted by Gasteiger charge is 2.34. The molecule has 2 rings (SSSR count). The van der Waals surface area contributed by atoms with Crippen LogP contribution in [0.1, 0.15) is 25.7 Å². The van der Waals surface area contributed by atoms with E-state index in [-0.39, 0.29) is 19.6 Å². The lowest BCUT2D eigenvalue weighted by Gasteiger charge is -2.34. The molecular formula is C12H22N2O6S. The lowest BCUT2D eigenvalue weighted by Crippen LogP contribution is -2.52. The van der Waals surface area contributed by atoms with Gasteiger partial charge in [0.1, 0.15) is 0 Å². The van der Waals surface area contributed by atoms with Gasteiger partial charge in [0.05, 0.1) is 11.5 Å². The number of rotatable bonds is 5. The van der Waals surface area contributed by atoms with Crippen LogP contribution in [0.2, 0.25) is 0 Å². The zero-order valence-corrected chi connectivity index (χ0v) is 12.6. The summed E-state index contributed by atoms with van der Waals surface area (Å²) in [6.45, 7) is 1.17. The summed E-state index contributed by atoms with van der Waals surface area (Å²) in [6, 6.07) is 0. The van der Waals surface area contributed by atoms with Gasteiger partial charge >= 0.3 is 5.97 Å². The molecule has 8 nitrogen and oxygen atoms in total. The van der Waals surface area contributed by atoms with Crippen molar-refractivity contribution in [2.45, 2.75) is 31.3 Å². The molecule has 21 heavy (non-hydrogen) atoms. The van der Waals surface area contributed by atoms with E-state index in [0.29, 0.717) is 38.9 Å². The Balaban J connectivity index is 1.86. The van der Waals surface area contributed by atoms with Crippen molar-refractivity contribution in [2.24, 2.45) is 5.92 Å². The van der Waals surface area contributed by atoms with Crippen LogP contribution in [-0.2, 0) is 19.7 Å². The molecule has 2 aliphatic heterocycles. The fourth-order valence-corrected chi connectivity index (χ4v) is 3.91. The smallest absolute Gasteiger partial charge is 0.306 e. The monoisotopic (exact) mass is 322 g/mol. The molecule has 0 aromatic carbocycles. The van der Waals surface area contributed by atoms with Crippen molar-refractivity contribution < 1.29 is 28.2 Å². The van der Waals surface area contributed by atoms with Crippen molar-refractivity contribution in [3.63, 3.8) is 0 Å². The summed E-state index contributed by atoms with van der Waals surface area (Å²) in [5.41, 5.74) is -1.06. The van der Waals surface area contributed by atoms with Crippen LogP contribution in [-0.4, -0.2) is 67.4 Å². The number of aliphatic hydroxyl groups is 1. The SMILES string of the molecule is O=C(O)C1CCN(S(=O)(=O)NCC2(O)CCOCC2)CC1. The quantitative estimate of drug-likeness (QED) is 0.608. The molecule has 2 aliphatic rings. The fourth-order valence-electron chi connectivity index (χ4n) is 2.59. The second-order valence-corrected chi connectivity index (χ2v) is 7.43. The van der Waals surface area contributed by atoms with E-state index in [2.05, 4.69) is 4.72 Å². The van der Waals surface area contributed by atoms with Crippen LogP contribution in [0.15, 0.2) is 0 Å². The Kier molecular flexibility index (Phi) is 5.20. The van der Waals surface area contributed by atoms with E-state index in [9.17, 15) is 18.3 Å². The standard InChI is InChI=1S/C12H22N2O6S/c15-11(16)10-1-5-14(6-2-10)21(18,19)13-9-12(17)3-7-20-8-4-12/h10,13,17H,1-9H2,(H,15,16). The Hall–Kier alpha value is -0.740. The second-order valence-electron chi connectivity index (χ2n) is 5.67. The number of carboxylic acids is 1. The van der Waals surface area contributed by atoms with Crippen molar-refractivity contribution in [3.05, 3.63) is 0 Å². The van der Waals surface area contributed by atoms with Crippen LogP contribution in [0.4, 0.5) is 0 Å². The van der Waals surface area contributed by atoms with Crippen molar-refractivity contribution in [2.75, 3.05) is 32.8 Å². The molecule has 2 fully saturated rings. The number of hydrogen-bond acceptors (Lipinski definition) is 5. The van der Waals surface area contributed by atoms with Crippen molar-refractivity contribution in [1.29, 1.82) is 0 Å². The topological polar surface area (TPSA) is 116 Å². The minimum Gasteiger partial charge on any atom is -0.481 e. The highest BCUT2D eigenvalue weighted by molar-refractivity contribution is 7.87. The lowest BCUT2D eigenvalue weighted by molar-refractivity contribution is -0.142. The van der Waals surface area contributed by atoms with E-state index in [0.717, 1.165) is 0 Å². The first kappa shape index (κ1) is 16.6. The van der Waals surface area contributed by atoms with Crippen LogP contribution in [0.3, 0.4) is 0 Å². The van der Waals surface area contributed by atoms with Gasteiger partial charge < -0.3 is 14.9 Å². The number of nitrogens with zero attached hydrogens (tertiary/aromatic N) is 1. The van der Waals surface area contributed by atoms with E-state index >= 15 is 0 Å². The van der Waals surface area contributed by atoms with Crippen molar-refractivity contribution >= 4 is 16.2 Å². The van der Waals surface area contributed by atoms with Crippen molar-refractivity contribution in [1.82, 2.24) is 9.03 Å². The number of carboxylic acid groups (broad SMARTS) is 1. The number of hydrogen-bond donors (Lipinski definition) is 3. The van der Waals surface area contributed by atoms with E-state index in [1.165, 1.54) is 4.31 Å². The Morgan fingerprint density at radius 1 is 1.29 bits per heavy atom. The lowest BCUT2D eigenvalue weighted by atomic mass is 9.95. The first-order valence-electron chi connectivity index (χ1n) is 7.10. The molecule has 0 spiro atoms. The van der Waals surface area contributed by atoms with Gasteiger partial charge in [0, 0.05) is 45.7 Å². The van der Waals surface area contributed by atoms with Crippen molar-refractivity contribution in [3.8, 4) is 0 Å². The number of carbonyl (C=O) groups is 1. The largest absolute Gasteiger partial charge is 0.481 e. The number of nitrogens with one attached hydrogen (secondary N) is 1. The summed E-state index contributed by atoms with van der Waals surface area (Å²) in [4.78, 5) is 10.9. The van der Waals surface area contributed by atoms with Gasteiger partial charge in [0.15, 0.2) is 0 Å². The van der Waals surface area contributed by atoms with Gasteiger partial charge in [-0.25, -0.2) is 0 Å². The summed E-state index contributed by atoms with van der Waals surface area (Å²) < 4.78 is 33.2. The Labute approximate surface area is 124 Å². The number of ether oxygens (including phenoxy) is 1. The van der Waals surface area contributed by atoms with E-state index in [4.69, 9.17) is 9.84 Å². The first-order valence-corrected chi connectivity index (χ1v) is 8.54. The van der Waals surface area contributed by atoms with Gasteiger partial charge in [0.25, 0.3) is 10.2 Å². The first-order chi connectivity index (χ1) is 9.82. The maximum atomic E-state index is 12.2. The summed E-state index contributed by atoms with van der Waals surface area (Å²) in [5, 5.41) is 19.2. The molecule has 2 saturated heterocycles. The highest BCUT2D eigenvalue weighted by atomic mass is 32.2. The number of piperidine rings is 1. The molecule has 122 valence electrons. The molecule has 0 saturated carbocycles. The molecule has 0 aliphatic carbocycles. The predicted octanol–water partition coefficient (Wildman–Crippen LogP) is -0.841. The molecule has 0 aromatic rings. The van der Waals surface area contributed by atoms with Gasteiger partial charge in [-0.05, 0) is 12.8 Å². The minimum absolute atomic E-state index is 0.0441. The maximum Gasteiger partial charge on any atom is 0.306 e. The predicted molar refractivity (Wildman–Crippen MR) is 73.9 cm³/mol. The van der Waals surface area contributed by atoms with Crippen LogP contribution in [0.5, 0.6) is 0 Å². The third-order valence-corrected chi connectivity index (χ3v) is 5.70. The summed E-state index contributed by atoms with van der Waals surface area (Å²) >= 11 is 0. The van der Waals surface area contributed by atoms with E-state index in [1.807, 2.05) is 0 Å². The third kappa shape index (κ3) is 4.36. The molecule has 9 heteroatoms. The fraction of sp³-hybridized carbons (Fsp3) is 0.917. The molecule has 2 heterocycles. The Morgan fingerprint density at radius 3 is 2.38 bits per heavy atom. The summed E-state index contributed by atoms with van der Waals surface area (Å²) in [7, 11) is -3.68. The normalized spacial score (nSPS) is 24.8. The zero-order valence-electron chi connectivity index (χ0n) is 11.8. The second kappa shape index (κ2) is 6.57. The number of aliphatic carboxylic acids is 1. The molecule has 0 bridgehead atoms. The molecule has 0 radical (unpaired) electrons. The van der Waals surface area contributed by atoms with Crippen LogP contribution in [0, 0.1) is 5.92 Å². The summed E-state index contributed by atoms with van der Waals surface area (Å²) in [5.74, 6) is -1.35. The average molecular weight is 322 g/mol. The van der Waals surface area contributed by atoms with Gasteiger partial charge in [-0.2, -0.15) is 17.4 Å². The Morgan fingerprint density at radius 2 is 1.86 bits per heavy atom. The van der Waals surface area contributed by atoms with Gasteiger partial charge in [-0.15, -0.1) is 0 Å². The maximum absolute atomic E-state index is 12.2. The molecule has 0 amide bonds. The zero-order chi connectivity index (χ0) is 15.5. The molecule has 0 unspecified atom stereocenters. The average Bonchev–Trinajstić information content (AvgIpc) is 2.46. The molecule has 0 atom stereocenters. The van der Waals surface area contributed by atoms with E-state index < -0.39 is 27.7 Å². The Bertz CT molecular complexity index is 466. The van der Waals surface area contributed by atoms with Gasteiger partial charge in [-0.3, -0.25) is 4.79 Å². The molecular weight excluding hydrogens is 300 g/mol. The van der Waals surface area contributed by atoms with Crippen LogP contribution in [0.25, 0.3) is 0 Å². The van der Waals surface area contributed by atoms with E-state index in [1.54, 1.807) is 0 Å². The van der Waals surface area contributed by atoms with Crippen LogP contribution >= 0.6 is 0 Å². The van der Waals surface area contributed by atoms with Crippen LogP contribution < -0.4 is 4.72 Å².